The molecule has 0 aromatic rings. The van der Waals surface area contributed by atoms with Crippen LogP contribution in [0.2, 0.25) is 0 Å². The van der Waals surface area contributed by atoms with Crippen molar-refractivity contribution in [2.75, 3.05) is 6.73 Å². The Morgan fingerprint density at radius 3 is 2.43 bits per heavy atom. The first-order chi connectivity index (χ1) is 9.56. The lowest BCUT2D eigenvalue weighted by Crippen LogP contribution is -2.34. The van der Waals surface area contributed by atoms with E-state index in [9.17, 15) is 9.59 Å². The van der Waals surface area contributed by atoms with Crippen LogP contribution in [0, 0.1) is 17.3 Å². The summed E-state index contributed by atoms with van der Waals surface area (Å²) >= 11 is 0. The lowest BCUT2D eigenvalue weighted by atomic mass is 9.74. The molecule has 0 bridgehead atoms. The van der Waals surface area contributed by atoms with E-state index in [1.165, 1.54) is 4.90 Å². The molecule has 0 aromatic carbocycles. The summed E-state index contributed by atoms with van der Waals surface area (Å²) < 4.78 is 5.34. The maximum absolute atomic E-state index is 12.4. The van der Waals surface area contributed by atoms with Crippen LogP contribution in [-0.2, 0) is 14.3 Å². The molecule has 0 aliphatic carbocycles. The molecule has 0 saturated carbocycles. The zero-order chi connectivity index (χ0) is 16.4. The van der Waals surface area contributed by atoms with Gasteiger partial charge in [-0.15, -0.1) is 0 Å². The second-order valence-electron chi connectivity index (χ2n) is 6.89. The smallest absolute Gasteiger partial charge is 0.235 e. The largest absolute Gasteiger partial charge is 0.473 e. The minimum atomic E-state index is -0.239. The number of hydrogen-bond donors (Lipinski definition) is 0. The van der Waals surface area contributed by atoms with Gasteiger partial charge in [-0.3, -0.25) is 9.59 Å². The Morgan fingerprint density at radius 1 is 1.38 bits per heavy atom. The van der Waals surface area contributed by atoms with Crippen LogP contribution in [0.3, 0.4) is 0 Å². The molecule has 1 fully saturated rings. The monoisotopic (exact) mass is 293 g/mol. The summed E-state index contributed by atoms with van der Waals surface area (Å²) in [5.74, 6) is 0.314. The quantitative estimate of drug-likeness (QED) is 0.410. The summed E-state index contributed by atoms with van der Waals surface area (Å²) in [4.78, 5) is 25.6. The van der Waals surface area contributed by atoms with Gasteiger partial charge in [-0.05, 0) is 30.3 Å². The van der Waals surface area contributed by atoms with Gasteiger partial charge in [0.25, 0.3) is 0 Å². The van der Waals surface area contributed by atoms with Crippen LogP contribution >= 0.6 is 0 Å². The molecule has 0 aromatic heterocycles. The predicted molar refractivity (Wildman–Crippen MR) is 83.1 cm³/mol. The number of likely N-dealkylation sites (tertiary alicyclic amines) is 1. The molecule has 4 nitrogen and oxygen atoms in total. The van der Waals surface area contributed by atoms with E-state index in [0.717, 1.165) is 0 Å². The molecule has 4 heteroatoms. The molecule has 21 heavy (non-hydrogen) atoms. The minimum absolute atomic E-state index is 0.0266. The number of ether oxygens (including phenoxy) is 1. The number of amides is 2. The predicted octanol–water partition coefficient (Wildman–Crippen LogP) is 3.50. The Balaban J connectivity index is 2.67. The number of imide groups is 1. The van der Waals surface area contributed by atoms with Crippen LogP contribution in [-0.4, -0.2) is 23.4 Å². The SMILES string of the molecule is C=C(C)C(=C)OCN1C(=O)CC(CC(C)(C)C(C)C)C1=O. The number of hydrogen-bond acceptors (Lipinski definition) is 3. The highest BCUT2D eigenvalue weighted by atomic mass is 16.5. The van der Waals surface area contributed by atoms with Crippen molar-refractivity contribution in [2.24, 2.45) is 17.3 Å². The fraction of sp³-hybridized carbons (Fsp3) is 0.647. The van der Waals surface area contributed by atoms with Gasteiger partial charge in [-0.1, -0.05) is 40.9 Å². The van der Waals surface area contributed by atoms with Crippen molar-refractivity contribution in [3.8, 4) is 0 Å². The van der Waals surface area contributed by atoms with E-state index < -0.39 is 0 Å². The van der Waals surface area contributed by atoms with Crippen molar-refractivity contribution in [2.45, 2.75) is 47.5 Å². The average molecular weight is 293 g/mol. The van der Waals surface area contributed by atoms with Gasteiger partial charge in [0.1, 0.15) is 5.76 Å². The van der Waals surface area contributed by atoms with Gasteiger partial charge in [0, 0.05) is 12.3 Å². The lowest BCUT2D eigenvalue weighted by molar-refractivity contribution is -0.144. The van der Waals surface area contributed by atoms with E-state index in [2.05, 4.69) is 40.9 Å². The van der Waals surface area contributed by atoms with Gasteiger partial charge in [-0.25, -0.2) is 4.90 Å². The third kappa shape index (κ3) is 4.19. The molecule has 1 rings (SSSR count). The highest BCUT2D eigenvalue weighted by molar-refractivity contribution is 6.03. The molecule has 1 heterocycles. The molecule has 1 saturated heterocycles. The lowest BCUT2D eigenvalue weighted by Gasteiger charge is -2.31. The molecular formula is C17H27NO3. The molecule has 0 N–H and O–H groups in total. The van der Waals surface area contributed by atoms with Crippen LogP contribution in [0.15, 0.2) is 24.5 Å². The molecule has 0 radical (unpaired) electrons. The number of carbonyl (C=O) groups excluding carboxylic acids is 2. The molecule has 1 aliphatic heterocycles. The zero-order valence-corrected chi connectivity index (χ0v) is 13.9. The van der Waals surface area contributed by atoms with Crippen LogP contribution < -0.4 is 0 Å². The summed E-state index contributed by atoms with van der Waals surface area (Å²) in [6.07, 6.45) is 0.991. The van der Waals surface area contributed by atoms with Crippen molar-refractivity contribution >= 4 is 11.8 Å². The van der Waals surface area contributed by atoms with Gasteiger partial charge >= 0.3 is 0 Å². The topological polar surface area (TPSA) is 46.6 Å². The Bertz CT molecular complexity index is 463. The van der Waals surface area contributed by atoms with E-state index in [1.54, 1.807) is 6.92 Å². The van der Waals surface area contributed by atoms with Gasteiger partial charge in [0.15, 0.2) is 6.73 Å². The number of carbonyl (C=O) groups is 2. The molecule has 1 unspecified atom stereocenters. The summed E-state index contributed by atoms with van der Waals surface area (Å²) in [6.45, 7) is 17.7. The maximum Gasteiger partial charge on any atom is 0.235 e. The average Bonchev–Trinajstić information content (AvgIpc) is 2.61. The third-order valence-corrected chi connectivity index (χ3v) is 4.52. The summed E-state index contributed by atoms with van der Waals surface area (Å²) in [6, 6.07) is 0. The number of nitrogens with zero attached hydrogens (tertiary/aromatic N) is 1. The Morgan fingerprint density at radius 2 is 1.95 bits per heavy atom. The van der Waals surface area contributed by atoms with Crippen LogP contribution in [0.25, 0.3) is 0 Å². The van der Waals surface area contributed by atoms with Gasteiger partial charge in [0.05, 0.1) is 0 Å². The zero-order valence-electron chi connectivity index (χ0n) is 13.9. The fourth-order valence-electron chi connectivity index (χ4n) is 2.18. The van der Waals surface area contributed by atoms with Crippen molar-refractivity contribution in [3.05, 3.63) is 24.5 Å². The molecular weight excluding hydrogens is 266 g/mol. The van der Waals surface area contributed by atoms with E-state index in [0.29, 0.717) is 23.7 Å². The Hall–Kier alpha value is -1.58. The second-order valence-corrected chi connectivity index (χ2v) is 6.89. The first kappa shape index (κ1) is 17.5. The van der Waals surface area contributed by atoms with E-state index in [1.807, 2.05) is 0 Å². The van der Waals surface area contributed by atoms with E-state index in [4.69, 9.17) is 4.74 Å². The standard InChI is InChI=1S/C17H27NO3/c1-11(2)13(5)21-10-18-15(19)8-14(16(18)20)9-17(6,7)12(3)4/h12,14H,1,5,8-10H2,2-4,6-7H3. The molecule has 2 amide bonds. The normalized spacial score (nSPS) is 19.3. The second kappa shape index (κ2) is 6.46. The first-order valence-electron chi connectivity index (χ1n) is 7.38. The first-order valence-corrected chi connectivity index (χ1v) is 7.38. The molecule has 0 spiro atoms. The number of rotatable bonds is 7. The fourth-order valence-corrected chi connectivity index (χ4v) is 2.18. The van der Waals surface area contributed by atoms with Crippen molar-refractivity contribution in [3.63, 3.8) is 0 Å². The van der Waals surface area contributed by atoms with Gasteiger partial charge in [-0.2, -0.15) is 0 Å². The summed E-state index contributed by atoms with van der Waals surface area (Å²) in [7, 11) is 0. The van der Waals surface area contributed by atoms with Crippen LogP contribution in [0.4, 0.5) is 0 Å². The van der Waals surface area contributed by atoms with E-state index >= 15 is 0 Å². The van der Waals surface area contributed by atoms with Crippen LogP contribution in [0.1, 0.15) is 47.5 Å². The Kier molecular flexibility index (Phi) is 5.37. The minimum Gasteiger partial charge on any atom is -0.473 e. The molecule has 1 atom stereocenters. The Labute approximate surface area is 127 Å². The summed E-state index contributed by atoms with van der Waals surface area (Å²) in [5.41, 5.74) is 0.713. The van der Waals surface area contributed by atoms with Crippen molar-refractivity contribution in [1.82, 2.24) is 4.90 Å². The molecule has 118 valence electrons. The van der Waals surface area contributed by atoms with Gasteiger partial charge in [0.2, 0.25) is 11.8 Å². The van der Waals surface area contributed by atoms with E-state index in [-0.39, 0.29) is 36.3 Å². The highest BCUT2D eigenvalue weighted by Gasteiger charge is 2.42. The van der Waals surface area contributed by atoms with Crippen molar-refractivity contribution in [1.29, 1.82) is 0 Å². The summed E-state index contributed by atoms with van der Waals surface area (Å²) in [5, 5.41) is 0. The van der Waals surface area contributed by atoms with Gasteiger partial charge < -0.3 is 4.74 Å². The number of allylic oxidation sites excluding steroid dienone is 1. The van der Waals surface area contributed by atoms with Crippen molar-refractivity contribution < 1.29 is 14.3 Å². The molecule has 1 aliphatic rings. The maximum atomic E-state index is 12.4. The third-order valence-electron chi connectivity index (χ3n) is 4.52. The highest BCUT2D eigenvalue weighted by Crippen LogP contribution is 2.37. The van der Waals surface area contributed by atoms with Crippen LogP contribution in [0.5, 0.6) is 0 Å².